The molecule has 6 rings (SSSR count). The van der Waals surface area contributed by atoms with E-state index in [4.69, 9.17) is 18.9 Å². The molecular weight excluding hydrogens is 448 g/mol. The molecule has 0 aromatic heterocycles. The number of carboxylic acids is 1. The van der Waals surface area contributed by atoms with E-state index in [1.54, 1.807) is 0 Å². The maximum atomic E-state index is 13.3. The molecule has 3 aliphatic carbocycles. The van der Waals surface area contributed by atoms with E-state index in [-0.39, 0.29) is 41.5 Å². The van der Waals surface area contributed by atoms with E-state index in [0.717, 1.165) is 32.3 Å². The Labute approximate surface area is 208 Å². The number of carbonyl (C=O) groups is 2. The predicted molar refractivity (Wildman–Crippen MR) is 126 cm³/mol. The molecule has 10 atom stereocenters. The van der Waals surface area contributed by atoms with Crippen molar-refractivity contribution in [2.75, 3.05) is 19.8 Å². The second kappa shape index (κ2) is 7.99. The molecule has 2 spiro atoms. The first-order valence-corrected chi connectivity index (χ1v) is 13.9. The van der Waals surface area contributed by atoms with Gasteiger partial charge in [0, 0.05) is 48.3 Å². The third-order valence-corrected chi connectivity index (χ3v) is 11.6. The summed E-state index contributed by atoms with van der Waals surface area (Å²) in [5, 5.41) is 9.42. The maximum absolute atomic E-state index is 13.3. The van der Waals surface area contributed by atoms with Crippen molar-refractivity contribution >= 4 is 11.8 Å². The Morgan fingerprint density at radius 2 is 1.83 bits per heavy atom. The van der Waals surface area contributed by atoms with Crippen molar-refractivity contribution in [2.45, 2.75) is 96.7 Å². The van der Waals surface area contributed by atoms with Gasteiger partial charge in [0.15, 0.2) is 11.6 Å². The van der Waals surface area contributed by atoms with Crippen LogP contribution in [0.3, 0.4) is 0 Å². The minimum atomic E-state index is -0.838. The minimum absolute atomic E-state index is 0.0196. The van der Waals surface area contributed by atoms with Gasteiger partial charge in [0.25, 0.3) is 0 Å². The molecule has 0 unspecified atom stereocenters. The van der Waals surface area contributed by atoms with Gasteiger partial charge < -0.3 is 24.1 Å². The summed E-state index contributed by atoms with van der Waals surface area (Å²) in [6.07, 6.45) is 5.56. The summed E-state index contributed by atoms with van der Waals surface area (Å²) >= 11 is 0. The number of aliphatic carboxylic acids is 1. The lowest BCUT2D eigenvalue weighted by molar-refractivity contribution is -0.313. The number of rotatable bonds is 3. The van der Waals surface area contributed by atoms with E-state index in [1.165, 1.54) is 0 Å². The molecule has 1 N–H and O–H groups in total. The zero-order valence-corrected chi connectivity index (χ0v) is 21.7. The van der Waals surface area contributed by atoms with E-state index in [0.29, 0.717) is 50.2 Å². The molecule has 0 amide bonds. The van der Waals surface area contributed by atoms with Crippen molar-refractivity contribution in [2.24, 2.45) is 46.3 Å². The first-order valence-electron chi connectivity index (χ1n) is 13.9. The number of carbonyl (C=O) groups excluding carboxylic acids is 1. The normalized spacial score (nSPS) is 52.5. The van der Waals surface area contributed by atoms with E-state index in [9.17, 15) is 14.7 Å². The lowest BCUT2D eigenvalue weighted by Crippen LogP contribution is -2.65. The van der Waals surface area contributed by atoms with Crippen LogP contribution in [0.2, 0.25) is 0 Å². The molecule has 0 aromatic carbocycles. The number of fused-ring (bicyclic) bond motifs is 6. The molecule has 3 saturated carbocycles. The van der Waals surface area contributed by atoms with Gasteiger partial charge in [-0.1, -0.05) is 27.7 Å². The highest BCUT2D eigenvalue weighted by atomic mass is 16.7. The van der Waals surface area contributed by atoms with Gasteiger partial charge in [0.05, 0.1) is 25.9 Å². The Morgan fingerprint density at radius 1 is 1.09 bits per heavy atom. The molecule has 6 aliphatic rings. The van der Waals surface area contributed by atoms with Crippen LogP contribution in [0.5, 0.6) is 0 Å². The Morgan fingerprint density at radius 3 is 2.49 bits per heavy atom. The average molecular weight is 491 g/mol. The maximum Gasteiger partial charge on any atom is 0.303 e. The molecule has 7 nitrogen and oxygen atoms in total. The lowest BCUT2D eigenvalue weighted by atomic mass is 9.45. The number of Topliss-reactive ketones (excluding diaryl/α,β-unsaturated/α-hetero) is 1. The van der Waals surface area contributed by atoms with E-state index in [1.807, 2.05) is 6.92 Å². The van der Waals surface area contributed by atoms with Gasteiger partial charge in [-0.05, 0) is 49.4 Å². The summed E-state index contributed by atoms with van der Waals surface area (Å²) in [6.45, 7) is 10.8. The van der Waals surface area contributed by atoms with Gasteiger partial charge >= 0.3 is 5.97 Å². The first kappa shape index (κ1) is 24.3. The first-order chi connectivity index (χ1) is 16.6. The Kier molecular flexibility index (Phi) is 5.55. The van der Waals surface area contributed by atoms with Gasteiger partial charge in [0.2, 0.25) is 0 Å². The molecule has 3 saturated heterocycles. The van der Waals surface area contributed by atoms with Gasteiger partial charge in [-0.2, -0.15) is 0 Å². The summed E-state index contributed by atoms with van der Waals surface area (Å²) in [7, 11) is 0. The van der Waals surface area contributed by atoms with Crippen molar-refractivity contribution in [3.05, 3.63) is 0 Å². The Bertz CT molecular complexity index is 888. The van der Waals surface area contributed by atoms with Crippen LogP contribution in [0.1, 0.15) is 79.1 Å². The topological polar surface area (TPSA) is 91.3 Å². The summed E-state index contributed by atoms with van der Waals surface area (Å²) in [4.78, 5) is 24.8. The highest BCUT2D eigenvalue weighted by molar-refractivity contribution is 5.86. The van der Waals surface area contributed by atoms with Crippen LogP contribution in [-0.2, 0) is 28.5 Å². The number of carboxylic acid groups (broad SMARTS) is 1. The highest BCUT2D eigenvalue weighted by Crippen LogP contribution is 2.73. The third kappa shape index (κ3) is 3.17. The molecule has 3 aliphatic heterocycles. The van der Waals surface area contributed by atoms with Crippen molar-refractivity contribution in [1.29, 1.82) is 0 Å². The van der Waals surface area contributed by atoms with Crippen LogP contribution >= 0.6 is 0 Å². The predicted octanol–water partition coefficient (Wildman–Crippen LogP) is 4.42. The van der Waals surface area contributed by atoms with Crippen LogP contribution < -0.4 is 0 Å². The molecule has 196 valence electrons. The SMILES string of the molecule is C[C@H]1CC[C@@]2(OC1)O[C@@H]1C[C@@H]3[C@H]4CCC(=O)[C@@](C)(CCC(=O)O)[C@@H]4CC4(OCCO4)[C@@]3(C)[C@@H]1[C@H]2C. The van der Waals surface area contributed by atoms with E-state index >= 15 is 0 Å². The summed E-state index contributed by atoms with van der Waals surface area (Å²) in [5.41, 5.74) is -0.891. The third-order valence-electron chi connectivity index (χ3n) is 11.6. The number of ether oxygens (including phenoxy) is 4. The standard InChI is InChI=1S/C28H42O7/c1-16-7-10-27(34-15-16)17(2)24-21(35-27)13-19-18-5-6-22(29)25(3,9-8-23(30)31)20(18)14-28(26(19,24)4)32-11-12-33-28/h16-21,24H,5-15H2,1-4H3,(H,30,31)/t16-,17+,18+,19+,20+,21+,24+,25-,26+,27+/m0/s1. The zero-order valence-electron chi connectivity index (χ0n) is 21.7. The van der Waals surface area contributed by atoms with Crippen LogP contribution in [0, 0.1) is 46.3 Å². The zero-order chi connectivity index (χ0) is 24.8. The van der Waals surface area contributed by atoms with E-state index in [2.05, 4.69) is 20.8 Å². The van der Waals surface area contributed by atoms with Crippen molar-refractivity contribution < 1.29 is 33.6 Å². The number of ketones is 1. The largest absolute Gasteiger partial charge is 0.481 e. The van der Waals surface area contributed by atoms with Crippen LogP contribution in [0.25, 0.3) is 0 Å². The summed E-state index contributed by atoms with van der Waals surface area (Å²) < 4.78 is 26.6. The lowest BCUT2D eigenvalue weighted by Gasteiger charge is -2.62. The molecular formula is C28H42O7. The molecule has 35 heavy (non-hydrogen) atoms. The Balaban J connectivity index is 1.38. The second-order valence-electron chi connectivity index (χ2n) is 13.1. The number of hydrogen-bond acceptors (Lipinski definition) is 6. The molecule has 7 heteroatoms. The van der Waals surface area contributed by atoms with Crippen LogP contribution in [0.4, 0.5) is 0 Å². The van der Waals surface area contributed by atoms with Gasteiger partial charge in [-0.3, -0.25) is 9.59 Å². The number of hydrogen-bond donors (Lipinski definition) is 1. The second-order valence-corrected chi connectivity index (χ2v) is 13.1. The van der Waals surface area contributed by atoms with Gasteiger partial charge in [-0.15, -0.1) is 0 Å². The fraction of sp³-hybridized carbons (Fsp3) is 0.929. The smallest absolute Gasteiger partial charge is 0.303 e. The summed E-state index contributed by atoms with van der Waals surface area (Å²) in [6, 6.07) is 0. The summed E-state index contributed by atoms with van der Waals surface area (Å²) in [5.74, 6) is -0.105. The van der Waals surface area contributed by atoms with Crippen molar-refractivity contribution in [3.8, 4) is 0 Å². The molecule has 0 radical (unpaired) electrons. The highest BCUT2D eigenvalue weighted by Gasteiger charge is 2.77. The molecule has 3 heterocycles. The monoisotopic (exact) mass is 490 g/mol. The molecule has 0 aromatic rings. The quantitative estimate of drug-likeness (QED) is 0.626. The van der Waals surface area contributed by atoms with Gasteiger partial charge in [0.1, 0.15) is 5.78 Å². The Hall–Kier alpha value is -1.02. The van der Waals surface area contributed by atoms with Crippen LogP contribution in [-0.4, -0.2) is 54.4 Å². The van der Waals surface area contributed by atoms with Gasteiger partial charge in [-0.25, -0.2) is 0 Å². The fourth-order valence-electron chi connectivity index (χ4n) is 9.78. The van der Waals surface area contributed by atoms with Crippen LogP contribution in [0.15, 0.2) is 0 Å². The molecule has 6 fully saturated rings. The fourth-order valence-corrected chi connectivity index (χ4v) is 9.78. The average Bonchev–Trinajstić information content (AvgIpc) is 3.48. The van der Waals surface area contributed by atoms with Crippen molar-refractivity contribution in [1.82, 2.24) is 0 Å². The minimum Gasteiger partial charge on any atom is -0.481 e. The molecule has 0 bridgehead atoms. The van der Waals surface area contributed by atoms with Crippen molar-refractivity contribution in [3.63, 3.8) is 0 Å². The van der Waals surface area contributed by atoms with E-state index < -0.39 is 23.0 Å².